The zero-order valence-corrected chi connectivity index (χ0v) is 13.6. The van der Waals surface area contributed by atoms with Crippen LogP contribution in [-0.2, 0) is 10.0 Å². The number of piperidine rings is 1. The van der Waals surface area contributed by atoms with Crippen molar-refractivity contribution in [2.24, 2.45) is 0 Å². The smallest absolute Gasteiger partial charge is 0.207 e. The quantitative estimate of drug-likeness (QED) is 0.740. The van der Waals surface area contributed by atoms with E-state index in [0.717, 1.165) is 22.8 Å². The van der Waals surface area contributed by atoms with Crippen LogP contribution in [0.1, 0.15) is 33.1 Å². The van der Waals surface area contributed by atoms with Gasteiger partial charge in [0.2, 0.25) is 10.0 Å². The third-order valence-corrected chi connectivity index (χ3v) is 6.36. The first kappa shape index (κ1) is 14.3. The highest BCUT2D eigenvalue weighted by molar-refractivity contribution is 14.1. The Kier molecular flexibility index (Phi) is 4.33. The van der Waals surface area contributed by atoms with E-state index in [2.05, 4.69) is 22.6 Å². The van der Waals surface area contributed by atoms with E-state index in [4.69, 9.17) is 0 Å². The lowest BCUT2D eigenvalue weighted by atomic mass is 10.0. The van der Waals surface area contributed by atoms with Crippen LogP contribution in [0.25, 0.3) is 0 Å². The molecule has 0 aromatic heterocycles. The van der Waals surface area contributed by atoms with Crippen molar-refractivity contribution in [1.82, 2.24) is 4.31 Å². The lowest BCUT2D eigenvalue weighted by Crippen LogP contribution is -2.47. The molecule has 0 spiro atoms. The molecule has 1 fully saturated rings. The van der Waals surface area contributed by atoms with Crippen LogP contribution in [0.3, 0.4) is 0 Å². The first-order valence-corrected chi connectivity index (χ1v) is 8.74. The standard InChI is InChI=1S/C13H18INO2S/c1-10-4-3-5-11(2)15(10)18(16,17)13-8-6-12(14)7-9-13/h6-11H,3-5H2,1-2H3/t10-,11+. The lowest BCUT2D eigenvalue weighted by Gasteiger charge is -2.37. The van der Waals surface area contributed by atoms with E-state index in [9.17, 15) is 8.42 Å². The van der Waals surface area contributed by atoms with Crippen molar-refractivity contribution in [3.05, 3.63) is 27.8 Å². The number of rotatable bonds is 2. The number of benzene rings is 1. The minimum absolute atomic E-state index is 0.0954. The van der Waals surface area contributed by atoms with E-state index in [0.29, 0.717) is 4.90 Å². The van der Waals surface area contributed by atoms with Crippen LogP contribution in [0, 0.1) is 3.57 Å². The van der Waals surface area contributed by atoms with E-state index < -0.39 is 10.0 Å². The molecule has 0 bridgehead atoms. The number of sulfonamides is 1. The second kappa shape index (κ2) is 5.46. The third kappa shape index (κ3) is 2.72. The van der Waals surface area contributed by atoms with Crippen LogP contribution in [0.4, 0.5) is 0 Å². The van der Waals surface area contributed by atoms with Gasteiger partial charge in [0.05, 0.1) is 4.90 Å². The maximum atomic E-state index is 12.6. The Morgan fingerprint density at radius 3 is 2.11 bits per heavy atom. The first-order chi connectivity index (χ1) is 8.43. The van der Waals surface area contributed by atoms with Crippen molar-refractivity contribution >= 4 is 32.6 Å². The molecule has 1 aliphatic rings. The van der Waals surface area contributed by atoms with E-state index in [1.807, 2.05) is 26.0 Å². The molecule has 1 saturated heterocycles. The topological polar surface area (TPSA) is 37.4 Å². The fourth-order valence-corrected chi connectivity index (χ4v) is 4.84. The molecule has 0 unspecified atom stereocenters. The van der Waals surface area contributed by atoms with Crippen molar-refractivity contribution in [3.63, 3.8) is 0 Å². The van der Waals surface area contributed by atoms with E-state index in [-0.39, 0.29) is 12.1 Å². The molecule has 0 amide bonds. The molecule has 2 rings (SSSR count). The molecule has 3 nitrogen and oxygen atoms in total. The van der Waals surface area contributed by atoms with Gasteiger partial charge in [0.1, 0.15) is 0 Å². The minimum atomic E-state index is -3.35. The summed E-state index contributed by atoms with van der Waals surface area (Å²) in [5, 5.41) is 0. The van der Waals surface area contributed by atoms with Gasteiger partial charge >= 0.3 is 0 Å². The van der Waals surface area contributed by atoms with Crippen LogP contribution in [0.2, 0.25) is 0 Å². The van der Waals surface area contributed by atoms with Gasteiger partial charge in [-0.25, -0.2) is 8.42 Å². The summed E-state index contributed by atoms with van der Waals surface area (Å²) in [5.74, 6) is 0. The summed E-state index contributed by atoms with van der Waals surface area (Å²) in [6.45, 7) is 4.00. The molecule has 100 valence electrons. The molecule has 0 aliphatic carbocycles. The molecule has 1 aromatic rings. The van der Waals surface area contributed by atoms with Gasteiger partial charge in [0.25, 0.3) is 0 Å². The normalized spacial score (nSPS) is 26.2. The molecule has 1 aromatic carbocycles. The Labute approximate surface area is 123 Å². The van der Waals surface area contributed by atoms with Gasteiger partial charge < -0.3 is 0 Å². The third-order valence-electron chi connectivity index (χ3n) is 3.50. The van der Waals surface area contributed by atoms with Gasteiger partial charge in [-0.1, -0.05) is 6.42 Å². The summed E-state index contributed by atoms with van der Waals surface area (Å²) in [6.07, 6.45) is 3.02. The van der Waals surface area contributed by atoms with Crippen LogP contribution in [0.15, 0.2) is 29.2 Å². The highest BCUT2D eigenvalue weighted by atomic mass is 127. The summed E-state index contributed by atoms with van der Waals surface area (Å²) in [5.41, 5.74) is 0. The highest BCUT2D eigenvalue weighted by Gasteiger charge is 2.35. The summed E-state index contributed by atoms with van der Waals surface area (Å²) in [4.78, 5) is 0.406. The molecular weight excluding hydrogens is 361 g/mol. The Morgan fingerprint density at radius 1 is 1.11 bits per heavy atom. The lowest BCUT2D eigenvalue weighted by molar-refractivity contribution is 0.204. The molecule has 0 radical (unpaired) electrons. The van der Waals surface area contributed by atoms with Crippen molar-refractivity contribution in [2.45, 2.75) is 50.1 Å². The van der Waals surface area contributed by atoms with Gasteiger partial charge in [-0.2, -0.15) is 4.31 Å². The van der Waals surface area contributed by atoms with E-state index in [1.54, 1.807) is 16.4 Å². The zero-order chi connectivity index (χ0) is 13.3. The Balaban J connectivity index is 2.38. The molecule has 2 atom stereocenters. The average Bonchev–Trinajstić information content (AvgIpc) is 2.29. The largest absolute Gasteiger partial charge is 0.243 e. The fourth-order valence-electron chi connectivity index (χ4n) is 2.60. The molecule has 18 heavy (non-hydrogen) atoms. The Hall–Kier alpha value is -0.140. The predicted octanol–water partition coefficient (Wildman–Crippen LogP) is 3.24. The van der Waals surface area contributed by atoms with Gasteiger partial charge in [-0.15, -0.1) is 0 Å². The van der Waals surface area contributed by atoms with Crippen LogP contribution in [-0.4, -0.2) is 24.8 Å². The van der Waals surface area contributed by atoms with E-state index in [1.165, 1.54) is 0 Å². The second-order valence-corrected chi connectivity index (χ2v) is 8.01. The number of hydrogen-bond donors (Lipinski definition) is 0. The highest BCUT2D eigenvalue weighted by Crippen LogP contribution is 2.29. The van der Waals surface area contributed by atoms with Gasteiger partial charge in [0, 0.05) is 15.7 Å². The molecule has 5 heteroatoms. The predicted molar refractivity (Wildman–Crippen MR) is 81.0 cm³/mol. The Bertz CT molecular complexity index is 502. The summed E-state index contributed by atoms with van der Waals surface area (Å²) >= 11 is 2.18. The number of nitrogens with zero attached hydrogens (tertiary/aromatic N) is 1. The molecule has 1 heterocycles. The van der Waals surface area contributed by atoms with Crippen molar-refractivity contribution in [3.8, 4) is 0 Å². The average molecular weight is 379 g/mol. The van der Waals surface area contributed by atoms with Crippen molar-refractivity contribution in [1.29, 1.82) is 0 Å². The maximum absolute atomic E-state index is 12.6. The number of halogens is 1. The van der Waals surface area contributed by atoms with Crippen molar-refractivity contribution in [2.75, 3.05) is 0 Å². The zero-order valence-electron chi connectivity index (χ0n) is 10.6. The molecule has 0 N–H and O–H groups in total. The molecule has 0 saturated carbocycles. The van der Waals surface area contributed by atoms with Crippen LogP contribution in [0.5, 0.6) is 0 Å². The Morgan fingerprint density at radius 2 is 1.61 bits per heavy atom. The first-order valence-electron chi connectivity index (χ1n) is 6.22. The van der Waals surface area contributed by atoms with Gasteiger partial charge in [0.15, 0.2) is 0 Å². The van der Waals surface area contributed by atoms with Gasteiger partial charge in [-0.3, -0.25) is 0 Å². The fraction of sp³-hybridized carbons (Fsp3) is 0.538. The monoisotopic (exact) mass is 379 g/mol. The molecule has 1 aliphatic heterocycles. The second-order valence-electron chi connectivity index (χ2n) is 4.92. The summed E-state index contributed by atoms with van der Waals surface area (Å²) in [6, 6.07) is 7.27. The number of hydrogen-bond acceptors (Lipinski definition) is 2. The maximum Gasteiger partial charge on any atom is 0.243 e. The van der Waals surface area contributed by atoms with Crippen LogP contribution < -0.4 is 0 Å². The minimum Gasteiger partial charge on any atom is -0.207 e. The van der Waals surface area contributed by atoms with Gasteiger partial charge in [-0.05, 0) is 73.5 Å². The molecular formula is C13H18INO2S. The van der Waals surface area contributed by atoms with Crippen LogP contribution >= 0.6 is 22.6 Å². The summed E-state index contributed by atoms with van der Waals surface area (Å²) in [7, 11) is -3.35. The van der Waals surface area contributed by atoms with Crippen molar-refractivity contribution < 1.29 is 8.42 Å². The SMILES string of the molecule is C[C@@H]1CCC[C@H](C)N1S(=O)(=O)c1ccc(I)cc1. The summed E-state index contributed by atoms with van der Waals surface area (Å²) < 4.78 is 28.0. The van der Waals surface area contributed by atoms with E-state index >= 15 is 0 Å².